The van der Waals surface area contributed by atoms with Crippen LogP contribution < -0.4 is 4.90 Å². The van der Waals surface area contributed by atoms with Gasteiger partial charge in [-0.05, 0) is 35.4 Å². The number of likely N-dealkylation sites (N-methyl/N-ethyl adjacent to an activating group) is 1. The lowest BCUT2D eigenvalue weighted by Crippen LogP contribution is -2.31. The summed E-state index contributed by atoms with van der Waals surface area (Å²) in [4.78, 5) is 27.6. The summed E-state index contributed by atoms with van der Waals surface area (Å²) in [6.45, 7) is 0.142. The van der Waals surface area contributed by atoms with Gasteiger partial charge in [0.15, 0.2) is 6.61 Å². The van der Waals surface area contributed by atoms with Gasteiger partial charge in [0.2, 0.25) is 0 Å². The van der Waals surface area contributed by atoms with Gasteiger partial charge in [0.25, 0.3) is 5.91 Å². The number of hydrogen-bond donors (Lipinski definition) is 0. The van der Waals surface area contributed by atoms with Crippen molar-refractivity contribution in [3.05, 3.63) is 63.6 Å². The molecule has 0 spiro atoms. The van der Waals surface area contributed by atoms with Crippen LogP contribution in [0.1, 0.15) is 11.1 Å². The number of rotatable bonds is 7. The second-order valence-corrected chi connectivity index (χ2v) is 7.21. The maximum absolute atomic E-state index is 12.2. The van der Waals surface area contributed by atoms with Crippen LogP contribution in [-0.2, 0) is 27.3 Å². The van der Waals surface area contributed by atoms with Gasteiger partial charge in [-0.2, -0.15) is 0 Å². The Hall–Kier alpha value is -2.24. The second-order valence-electron chi connectivity index (χ2n) is 6.40. The van der Waals surface area contributed by atoms with Crippen LogP contribution in [-0.4, -0.2) is 44.5 Å². The van der Waals surface area contributed by atoms with Crippen molar-refractivity contribution in [3.63, 3.8) is 0 Å². The molecule has 2 aromatic carbocycles. The third-order valence-corrected chi connectivity index (χ3v) is 4.73. The van der Waals surface area contributed by atoms with Crippen LogP contribution in [0.2, 0.25) is 10.0 Å². The fourth-order valence-corrected chi connectivity index (χ4v) is 2.70. The van der Waals surface area contributed by atoms with Crippen LogP contribution >= 0.6 is 23.2 Å². The monoisotopic (exact) mass is 408 g/mol. The maximum atomic E-state index is 12.2. The summed E-state index contributed by atoms with van der Waals surface area (Å²) in [5, 5.41) is 0.794. The Labute approximate surface area is 169 Å². The van der Waals surface area contributed by atoms with Crippen molar-refractivity contribution in [2.45, 2.75) is 13.0 Å². The average Bonchev–Trinajstić information content (AvgIpc) is 2.63. The van der Waals surface area contributed by atoms with Gasteiger partial charge >= 0.3 is 5.97 Å². The molecule has 0 N–H and O–H groups in total. The molecule has 0 atom stereocenters. The van der Waals surface area contributed by atoms with Gasteiger partial charge in [0.1, 0.15) is 0 Å². The topological polar surface area (TPSA) is 49.9 Å². The van der Waals surface area contributed by atoms with Gasteiger partial charge in [-0.25, -0.2) is 0 Å². The molecule has 2 aromatic rings. The van der Waals surface area contributed by atoms with Crippen molar-refractivity contribution >= 4 is 40.8 Å². The molecule has 144 valence electrons. The molecule has 0 aliphatic heterocycles. The molecule has 0 unspecified atom stereocenters. The molecule has 0 fully saturated rings. The molecule has 1 amide bonds. The first kappa shape index (κ1) is 21.1. The zero-order valence-electron chi connectivity index (χ0n) is 15.5. The van der Waals surface area contributed by atoms with E-state index in [-0.39, 0.29) is 18.9 Å². The minimum atomic E-state index is -0.495. The van der Waals surface area contributed by atoms with Crippen LogP contribution in [0.5, 0.6) is 0 Å². The number of carbonyl (C=O) groups excluding carboxylic acids is 2. The Kier molecular flexibility index (Phi) is 7.51. The highest BCUT2D eigenvalue weighted by Crippen LogP contribution is 2.22. The Balaban J connectivity index is 1.81. The molecule has 0 bridgehead atoms. The van der Waals surface area contributed by atoms with Gasteiger partial charge in [-0.3, -0.25) is 9.59 Å². The smallest absolute Gasteiger partial charge is 0.310 e. The van der Waals surface area contributed by atoms with Crippen molar-refractivity contribution in [1.82, 2.24) is 4.90 Å². The van der Waals surface area contributed by atoms with Crippen molar-refractivity contribution in [3.8, 4) is 0 Å². The Morgan fingerprint density at radius 1 is 0.926 bits per heavy atom. The third-order valence-electron chi connectivity index (χ3n) is 3.99. The predicted octanol–water partition coefficient (Wildman–Crippen LogP) is 3.80. The van der Waals surface area contributed by atoms with E-state index in [1.54, 1.807) is 25.2 Å². The number of ether oxygens (including phenoxy) is 1. The Bertz CT molecular complexity index is 807. The predicted molar refractivity (Wildman–Crippen MR) is 108 cm³/mol. The Morgan fingerprint density at radius 2 is 1.56 bits per heavy atom. The number of nitrogens with zero attached hydrogens (tertiary/aromatic N) is 2. The van der Waals surface area contributed by atoms with Gasteiger partial charge in [-0.1, -0.05) is 41.4 Å². The van der Waals surface area contributed by atoms with Crippen LogP contribution in [0.4, 0.5) is 5.69 Å². The van der Waals surface area contributed by atoms with Crippen LogP contribution in [0.15, 0.2) is 42.5 Å². The van der Waals surface area contributed by atoms with Crippen molar-refractivity contribution in [2.24, 2.45) is 0 Å². The molecule has 7 heteroatoms. The zero-order chi connectivity index (χ0) is 20.0. The van der Waals surface area contributed by atoms with Gasteiger partial charge in [-0.15, -0.1) is 0 Å². The molecule has 2 rings (SSSR count). The van der Waals surface area contributed by atoms with E-state index in [4.69, 9.17) is 27.9 Å². The molecular formula is C20H22Cl2N2O3. The van der Waals surface area contributed by atoms with E-state index in [0.29, 0.717) is 22.2 Å². The van der Waals surface area contributed by atoms with E-state index >= 15 is 0 Å². The highest BCUT2D eigenvalue weighted by atomic mass is 35.5. The van der Waals surface area contributed by atoms with Crippen LogP contribution in [0, 0.1) is 0 Å². The summed E-state index contributed by atoms with van der Waals surface area (Å²) in [5.41, 5.74) is 2.76. The van der Waals surface area contributed by atoms with Crippen LogP contribution in [0.25, 0.3) is 0 Å². The number of amides is 1. The van der Waals surface area contributed by atoms with Gasteiger partial charge < -0.3 is 14.5 Å². The number of benzene rings is 2. The number of carbonyl (C=O) groups is 2. The van der Waals surface area contributed by atoms with E-state index in [1.165, 1.54) is 4.90 Å². The fourth-order valence-electron chi connectivity index (χ4n) is 2.38. The fraction of sp³-hybridized carbons (Fsp3) is 0.300. The molecule has 0 radical (unpaired) electrons. The summed E-state index contributed by atoms with van der Waals surface area (Å²) >= 11 is 11.8. The van der Waals surface area contributed by atoms with Gasteiger partial charge in [0.05, 0.1) is 16.5 Å². The lowest BCUT2D eigenvalue weighted by Gasteiger charge is -2.18. The molecule has 0 saturated heterocycles. The Morgan fingerprint density at radius 3 is 2.15 bits per heavy atom. The summed E-state index contributed by atoms with van der Waals surface area (Å²) in [6, 6.07) is 12.8. The lowest BCUT2D eigenvalue weighted by atomic mass is 10.1. The van der Waals surface area contributed by atoms with Crippen LogP contribution in [0.3, 0.4) is 0 Å². The standard InChI is InChI=1S/C20H22Cl2N2O3/c1-23(2)16-7-4-14(5-8-16)12-24(3)19(25)13-27-20(26)11-15-6-9-17(21)18(22)10-15/h4-10H,11-13H2,1-3H3. The quantitative estimate of drug-likeness (QED) is 0.653. The summed E-state index contributed by atoms with van der Waals surface area (Å²) in [6.07, 6.45) is 0.0277. The summed E-state index contributed by atoms with van der Waals surface area (Å²) in [5.74, 6) is -0.764. The highest BCUT2D eigenvalue weighted by molar-refractivity contribution is 6.42. The van der Waals surface area contributed by atoms with Crippen molar-refractivity contribution < 1.29 is 14.3 Å². The molecule has 0 aliphatic carbocycles. The first-order valence-corrected chi connectivity index (χ1v) is 9.11. The zero-order valence-corrected chi connectivity index (χ0v) is 17.0. The molecule has 5 nitrogen and oxygen atoms in total. The van der Waals surface area contributed by atoms with E-state index < -0.39 is 5.97 Å². The van der Waals surface area contributed by atoms with Crippen molar-refractivity contribution in [2.75, 3.05) is 32.6 Å². The number of hydrogen-bond acceptors (Lipinski definition) is 4. The summed E-state index contributed by atoms with van der Waals surface area (Å²) in [7, 11) is 5.61. The minimum absolute atomic E-state index is 0.0277. The molecular weight excluding hydrogens is 387 g/mol. The average molecular weight is 409 g/mol. The lowest BCUT2D eigenvalue weighted by molar-refractivity contribution is -0.151. The highest BCUT2D eigenvalue weighted by Gasteiger charge is 2.13. The molecule has 0 aromatic heterocycles. The minimum Gasteiger partial charge on any atom is -0.455 e. The van der Waals surface area contributed by atoms with Crippen molar-refractivity contribution in [1.29, 1.82) is 0 Å². The maximum Gasteiger partial charge on any atom is 0.310 e. The van der Waals surface area contributed by atoms with E-state index in [2.05, 4.69) is 0 Å². The largest absolute Gasteiger partial charge is 0.455 e. The van der Waals surface area contributed by atoms with Gasteiger partial charge in [0, 0.05) is 33.4 Å². The summed E-state index contributed by atoms with van der Waals surface area (Å²) < 4.78 is 5.07. The number of esters is 1. The molecule has 0 saturated carbocycles. The molecule has 0 aliphatic rings. The first-order chi connectivity index (χ1) is 12.8. The number of halogens is 2. The third kappa shape index (κ3) is 6.45. The van der Waals surface area contributed by atoms with E-state index in [1.807, 2.05) is 43.3 Å². The second kappa shape index (κ2) is 9.62. The SMILES string of the molecule is CN(Cc1ccc(N(C)C)cc1)C(=O)COC(=O)Cc1ccc(Cl)c(Cl)c1. The number of anilines is 1. The van der Waals surface area contributed by atoms with E-state index in [0.717, 1.165) is 11.3 Å². The first-order valence-electron chi connectivity index (χ1n) is 8.36. The van der Waals surface area contributed by atoms with E-state index in [9.17, 15) is 9.59 Å². The molecule has 0 heterocycles. The normalized spacial score (nSPS) is 10.4. The molecule has 27 heavy (non-hydrogen) atoms.